The second kappa shape index (κ2) is 8.21. The summed E-state index contributed by atoms with van der Waals surface area (Å²) in [7, 11) is 1.86. The van der Waals surface area contributed by atoms with Crippen molar-refractivity contribution in [3.8, 4) is 5.75 Å². The zero-order valence-corrected chi connectivity index (χ0v) is 16.1. The molecule has 0 fully saturated rings. The average Bonchev–Trinajstić information content (AvgIpc) is 3.27. The van der Waals surface area contributed by atoms with E-state index in [0.29, 0.717) is 16.9 Å². The van der Waals surface area contributed by atoms with Crippen molar-refractivity contribution in [1.29, 1.82) is 0 Å². The van der Waals surface area contributed by atoms with Crippen molar-refractivity contribution in [2.24, 2.45) is 7.05 Å². The molecule has 3 rings (SSSR count). The van der Waals surface area contributed by atoms with Gasteiger partial charge in [0.05, 0.1) is 10.8 Å². The third kappa shape index (κ3) is 4.45. The average molecular weight is 388 g/mol. The first-order valence-corrected chi connectivity index (χ1v) is 9.41. The summed E-state index contributed by atoms with van der Waals surface area (Å²) >= 11 is 1.39. The predicted molar refractivity (Wildman–Crippen MR) is 101 cm³/mol. The third-order valence-corrected chi connectivity index (χ3v) is 5.04. The summed E-state index contributed by atoms with van der Waals surface area (Å²) in [6.07, 6.45) is 3.33. The fourth-order valence-electron chi connectivity index (χ4n) is 2.51. The van der Waals surface area contributed by atoms with Crippen LogP contribution in [0.4, 0.5) is 5.69 Å². The summed E-state index contributed by atoms with van der Waals surface area (Å²) in [6, 6.07) is 7.99. The molecule has 3 aromatic rings. The zero-order valence-electron chi connectivity index (χ0n) is 15.3. The van der Waals surface area contributed by atoms with E-state index in [4.69, 9.17) is 4.74 Å². The van der Waals surface area contributed by atoms with Crippen molar-refractivity contribution in [3.05, 3.63) is 58.2 Å². The van der Waals surface area contributed by atoms with Crippen molar-refractivity contribution in [2.75, 3.05) is 0 Å². The lowest BCUT2D eigenvalue weighted by Gasteiger charge is -2.14. The Morgan fingerprint density at radius 1 is 1.30 bits per heavy atom. The number of hydrogen-bond donors (Lipinski definition) is 0. The van der Waals surface area contributed by atoms with E-state index in [1.807, 2.05) is 42.8 Å². The van der Waals surface area contributed by atoms with Crippen LogP contribution >= 0.6 is 11.8 Å². The van der Waals surface area contributed by atoms with Crippen molar-refractivity contribution < 1.29 is 9.66 Å². The highest BCUT2D eigenvalue weighted by molar-refractivity contribution is 7.98. The molecule has 0 aliphatic rings. The molecule has 0 saturated heterocycles. The normalized spacial score (nSPS) is 12.1. The number of rotatable bonds is 8. The molecule has 0 spiro atoms. The summed E-state index contributed by atoms with van der Waals surface area (Å²) in [4.78, 5) is 10.2. The highest BCUT2D eigenvalue weighted by Crippen LogP contribution is 2.25. The Morgan fingerprint density at radius 3 is 2.67 bits per heavy atom. The van der Waals surface area contributed by atoms with Gasteiger partial charge in [0.1, 0.15) is 18.1 Å². The third-order valence-electron chi connectivity index (χ3n) is 4.03. The fourth-order valence-corrected chi connectivity index (χ4v) is 3.28. The molecule has 1 atom stereocenters. The Bertz CT molecular complexity index is 921. The summed E-state index contributed by atoms with van der Waals surface area (Å²) < 4.78 is 9.31. The Labute approximate surface area is 160 Å². The molecular weight excluding hydrogens is 368 g/mol. The van der Waals surface area contributed by atoms with Crippen LogP contribution in [0.25, 0.3) is 0 Å². The van der Waals surface area contributed by atoms with E-state index < -0.39 is 4.92 Å². The van der Waals surface area contributed by atoms with Gasteiger partial charge in [-0.15, -0.1) is 10.2 Å². The summed E-state index contributed by atoms with van der Waals surface area (Å²) in [5.74, 6) is 1.87. The van der Waals surface area contributed by atoms with Gasteiger partial charge >= 0.3 is 5.69 Å². The predicted octanol–water partition coefficient (Wildman–Crippen LogP) is 3.37. The number of ether oxygens (including phenoxy) is 1. The molecule has 0 saturated carbocycles. The van der Waals surface area contributed by atoms with Crippen molar-refractivity contribution in [3.63, 3.8) is 0 Å². The first kappa shape index (κ1) is 18.9. The number of hydrogen-bond acceptors (Lipinski definition) is 7. The molecule has 9 nitrogen and oxygen atoms in total. The second-order valence-corrected chi connectivity index (χ2v) is 6.84. The highest BCUT2D eigenvalue weighted by Gasteiger charge is 2.18. The van der Waals surface area contributed by atoms with Gasteiger partial charge in [0.2, 0.25) is 0 Å². The monoisotopic (exact) mass is 388 g/mol. The molecule has 0 aliphatic heterocycles. The lowest BCUT2D eigenvalue weighted by atomic mass is 10.2. The van der Waals surface area contributed by atoms with Crippen LogP contribution in [0.15, 0.2) is 41.8 Å². The van der Waals surface area contributed by atoms with E-state index >= 15 is 0 Å². The summed E-state index contributed by atoms with van der Waals surface area (Å²) in [5.41, 5.74) is 1.22. The van der Waals surface area contributed by atoms with Crippen LogP contribution in [0.3, 0.4) is 0 Å². The molecule has 1 aromatic carbocycles. The highest BCUT2D eigenvalue weighted by atomic mass is 32.2. The van der Waals surface area contributed by atoms with Gasteiger partial charge in [0, 0.05) is 7.05 Å². The number of thioether (sulfide) groups is 1. The summed E-state index contributed by atoms with van der Waals surface area (Å²) in [6.45, 7) is 4.03. The Kier molecular flexibility index (Phi) is 5.75. The second-order valence-electron chi connectivity index (χ2n) is 5.93. The molecule has 0 amide bonds. The number of nitro groups is 1. The lowest BCUT2D eigenvalue weighted by molar-refractivity contribution is -0.385. The van der Waals surface area contributed by atoms with E-state index in [-0.39, 0.29) is 11.8 Å². The van der Waals surface area contributed by atoms with Crippen molar-refractivity contribution in [2.45, 2.75) is 37.4 Å². The molecule has 2 heterocycles. The molecule has 27 heavy (non-hydrogen) atoms. The van der Waals surface area contributed by atoms with Crippen LogP contribution in [-0.2, 0) is 19.3 Å². The SMILES string of the molecule is CCc1ccc(OC(C)c2nnc(SCn3cc([N+](=O)[O-])cn3)n2C)cc1. The molecule has 0 radical (unpaired) electrons. The molecule has 10 heteroatoms. The largest absolute Gasteiger partial charge is 0.483 e. The number of aromatic nitrogens is 5. The molecule has 0 aliphatic carbocycles. The van der Waals surface area contributed by atoms with Gasteiger partial charge in [-0.2, -0.15) is 5.10 Å². The maximum absolute atomic E-state index is 10.7. The van der Waals surface area contributed by atoms with E-state index in [2.05, 4.69) is 22.2 Å². The van der Waals surface area contributed by atoms with Gasteiger partial charge in [-0.1, -0.05) is 30.8 Å². The van der Waals surface area contributed by atoms with E-state index in [1.165, 1.54) is 34.4 Å². The van der Waals surface area contributed by atoms with E-state index in [0.717, 1.165) is 12.2 Å². The van der Waals surface area contributed by atoms with Gasteiger partial charge < -0.3 is 9.30 Å². The Balaban J connectivity index is 1.63. The minimum Gasteiger partial charge on any atom is -0.483 e. The lowest BCUT2D eigenvalue weighted by Crippen LogP contribution is -2.10. The maximum Gasteiger partial charge on any atom is 0.307 e. The Hall–Kier alpha value is -2.88. The van der Waals surface area contributed by atoms with Gasteiger partial charge in [0.25, 0.3) is 0 Å². The maximum atomic E-state index is 10.7. The standard InChI is InChI=1S/C17H20N6O3S/c1-4-13-5-7-15(8-6-13)26-12(2)16-19-20-17(21(16)3)27-11-22-10-14(9-18-22)23(24)25/h5-10,12H,4,11H2,1-3H3. The van der Waals surface area contributed by atoms with E-state index in [1.54, 1.807) is 0 Å². The Morgan fingerprint density at radius 2 is 2.04 bits per heavy atom. The molecule has 2 aromatic heterocycles. The van der Waals surface area contributed by atoms with Crippen LogP contribution in [0.5, 0.6) is 5.75 Å². The van der Waals surface area contributed by atoms with Crippen LogP contribution in [0.1, 0.15) is 31.3 Å². The fraction of sp³-hybridized carbons (Fsp3) is 0.353. The molecule has 0 N–H and O–H groups in total. The van der Waals surface area contributed by atoms with Gasteiger partial charge in [-0.05, 0) is 31.0 Å². The number of nitrogens with zero attached hydrogens (tertiary/aromatic N) is 6. The molecular formula is C17H20N6O3S. The first-order chi connectivity index (χ1) is 13.0. The van der Waals surface area contributed by atoms with Gasteiger partial charge in [-0.3, -0.25) is 14.8 Å². The van der Waals surface area contributed by atoms with Gasteiger partial charge in [0.15, 0.2) is 17.1 Å². The minimum absolute atomic E-state index is 0.0367. The topological polar surface area (TPSA) is 101 Å². The van der Waals surface area contributed by atoms with Crippen LogP contribution in [0, 0.1) is 10.1 Å². The molecule has 142 valence electrons. The van der Waals surface area contributed by atoms with Crippen LogP contribution < -0.4 is 4.74 Å². The molecule has 0 bridgehead atoms. The first-order valence-electron chi connectivity index (χ1n) is 8.42. The van der Waals surface area contributed by atoms with Crippen LogP contribution in [0.2, 0.25) is 0 Å². The van der Waals surface area contributed by atoms with Crippen molar-refractivity contribution >= 4 is 17.4 Å². The zero-order chi connectivity index (χ0) is 19.4. The minimum atomic E-state index is -0.472. The quantitative estimate of drug-likeness (QED) is 0.331. The van der Waals surface area contributed by atoms with Crippen LogP contribution in [-0.4, -0.2) is 29.5 Å². The van der Waals surface area contributed by atoms with Gasteiger partial charge in [-0.25, -0.2) is 0 Å². The molecule has 1 unspecified atom stereocenters. The number of benzene rings is 1. The number of aryl methyl sites for hydroxylation is 1. The van der Waals surface area contributed by atoms with E-state index in [9.17, 15) is 10.1 Å². The smallest absolute Gasteiger partial charge is 0.307 e. The summed E-state index contributed by atoms with van der Waals surface area (Å²) in [5, 5.41) is 23.8. The van der Waals surface area contributed by atoms with Crippen molar-refractivity contribution in [1.82, 2.24) is 24.5 Å².